The van der Waals surface area contributed by atoms with E-state index in [0.29, 0.717) is 5.39 Å². The van der Waals surface area contributed by atoms with Crippen molar-refractivity contribution in [1.29, 1.82) is 0 Å². The van der Waals surface area contributed by atoms with Crippen LogP contribution in [-0.4, -0.2) is 0 Å². The van der Waals surface area contributed by atoms with Crippen LogP contribution in [0.1, 0.15) is 5.56 Å². The summed E-state index contributed by atoms with van der Waals surface area (Å²) < 4.78 is 40.0. The fourth-order valence-corrected chi connectivity index (χ4v) is 3.44. The second-order valence-electron chi connectivity index (χ2n) is 5.46. The lowest BCUT2D eigenvalue weighted by molar-refractivity contribution is -0.136. The summed E-state index contributed by atoms with van der Waals surface area (Å²) in [5, 5.41) is 4.23. The van der Waals surface area contributed by atoms with Crippen LogP contribution in [0.2, 0.25) is 5.02 Å². The average molecular weight is 331 g/mol. The van der Waals surface area contributed by atoms with Crippen molar-refractivity contribution in [2.45, 2.75) is 6.18 Å². The minimum Gasteiger partial charge on any atom is -0.166 e. The number of fused-ring (bicyclic) bond motifs is 5. The summed E-state index contributed by atoms with van der Waals surface area (Å²) in [6, 6.07) is 17.9. The maximum Gasteiger partial charge on any atom is 0.418 e. The van der Waals surface area contributed by atoms with E-state index in [1.165, 1.54) is 12.1 Å². The van der Waals surface area contributed by atoms with E-state index in [4.69, 9.17) is 11.6 Å². The third kappa shape index (κ3) is 2.15. The second kappa shape index (κ2) is 4.87. The molecule has 0 N–H and O–H groups in total. The van der Waals surface area contributed by atoms with E-state index in [2.05, 4.69) is 0 Å². The van der Waals surface area contributed by atoms with E-state index < -0.39 is 11.7 Å². The van der Waals surface area contributed by atoms with Crippen molar-refractivity contribution < 1.29 is 13.2 Å². The SMILES string of the molecule is FC(F)(F)c1c(Cl)ccc2c1ccc1c3ccccc3ccc21. The summed E-state index contributed by atoms with van der Waals surface area (Å²) in [4.78, 5) is 0. The highest BCUT2D eigenvalue weighted by Crippen LogP contribution is 2.42. The first-order valence-electron chi connectivity index (χ1n) is 7.07. The van der Waals surface area contributed by atoms with E-state index in [9.17, 15) is 13.2 Å². The normalized spacial score (nSPS) is 12.3. The average Bonchev–Trinajstić information content (AvgIpc) is 2.52. The molecule has 4 heteroatoms. The lowest BCUT2D eigenvalue weighted by atomic mass is 9.95. The predicted molar refractivity (Wildman–Crippen MR) is 89.0 cm³/mol. The summed E-state index contributed by atoms with van der Waals surface area (Å²) in [5.74, 6) is 0. The molecule has 0 aromatic heterocycles. The van der Waals surface area contributed by atoms with E-state index in [-0.39, 0.29) is 10.4 Å². The molecule has 23 heavy (non-hydrogen) atoms. The van der Waals surface area contributed by atoms with Gasteiger partial charge in [0.25, 0.3) is 0 Å². The summed E-state index contributed by atoms with van der Waals surface area (Å²) in [6.45, 7) is 0. The molecule has 0 heterocycles. The Balaban J connectivity index is 2.21. The predicted octanol–water partition coefficient (Wildman–Crippen LogP) is 6.82. The van der Waals surface area contributed by atoms with Gasteiger partial charge in [0, 0.05) is 0 Å². The van der Waals surface area contributed by atoms with Gasteiger partial charge in [-0.15, -0.1) is 0 Å². The van der Waals surface area contributed by atoms with Gasteiger partial charge < -0.3 is 0 Å². The molecule has 4 aromatic rings. The van der Waals surface area contributed by atoms with Crippen molar-refractivity contribution in [2.24, 2.45) is 0 Å². The quantitative estimate of drug-likeness (QED) is 0.310. The Morgan fingerprint density at radius 2 is 1.17 bits per heavy atom. The Morgan fingerprint density at radius 1 is 0.609 bits per heavy atom. The molecule has 0 bridgehead atoms. The molecule has 0 fully saturated rings. The van der Waals surface area contributed by atoms with Gasteiger partial charge in [-0.25, -0.2) is 0 Å². The summed E-state index contributed by atoms with van der Waals surface area (Å²) in [5.41, 5.74) is -0.772. The zero-order valence-electron chi connectivity index (χ0n) is 11.8. The molecule has 0 saturated carbocycles. The maximum atomic E-state index is 13.3. The molecule has 0 aliphatic carbocycles. The van der Waals surface area contributed by atoms with Gasteiger partial charge in [0.1, 0.15) is 0 Å². The van der Waals surface area contributed by atoms with Gasteiger partial charge in [-0.2, -0.15) is 13.2 Å². The number of benzene rings is 4. The molecule has 0 saturated heterocycles. The molecule has 4 rings (SSSR count). The fraction of sp³-hybridized carbons (Fsp3) is 0.0526. The van der Waals surface area contributed by atoms with Gasteiger partial charge in [-0.1, -0.05) is 66.2 Å². The zero-order chi connectivity index (χ0) is 16.2. The molecule has 0 aliphatic rings. The third-order valence-electron chi connectivity index (χ3n) is 4.16. The first-order chi connectivity index (χ1) is 11.0. The van der Waals surface area contributed by atoms with Crippen LogP contribution in [0.25, 0.3) is 32.3 Å². The van der Waals surface area contributed by atoms with Gasteiger partial charge in [0.2, 0.25) is 0 Å². The van der Waals surface area contributed by atoms with Crippen molar-refractivity contribution in [1.82, 2.24) is 0 Å². The van der Waals surface area contributed by atoms with Gasteiger partial charge in [0.05, 0.1) is 10.6 Å². The Bertz CT molecular complexity index is 1060. The molecule has 0 atom stereocenters. The molecular formula is C19H10ClF3. The van der Waals surface area contributed by atoms with E-state index in [0.717, 1.165) is 21.5 Å². The first kappa shape index (κ1) is 14.3. The third-order valence-corrected chi connectivity index (χ3v) is 4.47. The van der Waals surface area contributed by atoms with Crippen LogP contribution in [-0.2, 0) is 6.18 Å². The number of alkyl halides is 3. The van der Waals surface area contributed by atoms with Gasteiger partial charge in [-0.05, 0) is 38.4 Å². The topological polar surface area (TPSA) is 0 Å². The Hall–Kier alpha value is -2.26. The minimum atomic E-state index is -4.49. The first-order valence-corrected chi connectivity index (χ1v) is 7.44. The monoisotopic (exact) mass is 330 g/mol. The number of hydrogen-bond donors (Lipinski definition) is 0. The molecular weight excluding hydrogens is 321 g/mol. The summed E-state index contributed by atoms with van der Waals surface area (Å²) in [7, 11) is 0. The number of rotatable bonds is 0. The van der Waals surface area contributed by atoms with Crippen molar-refractivity contribution >= 4 is 43.9 Å². The lowest BCUT2D eigenvalue weighted by Crippen LogP contribution is -2.06. The van der Waals surface area contributed by atoms with Gasteiger partial charge in [-0.3, -0.25) is 0 Å². The molecule has 0 spiro atoms. The second-order valence-corrected chi connectivity index (χ2v) is 5.87. The molecule has 0 radical (unpaired) electrons. The van der Waals surface area contributed by atoms with Gasteiger partial charge >= 0.3 is 6.18 Å². The highest BCUT2D eigenvalue weighted by atomic mass is 35.5. The van der Waals surface area contributed by atoms with Crippen LogP contribution < -0.4 is 0 Å². The molecule has 0 unspecified atom stereocenters. The van der Waals surface area contributed by atoms with E-state index in [1.807, 2.05) is 36.4 Å². The van der Waals surface area contributed by atoms with E-state index >= 15 is 0 Å². The number of halogens is 4. The molecule has 114 valence electrons. The fourth-order valence-electron chi connectivity index (χ4n) is 3.17. The Kier molecular flexibility index (Phi) is 3.03. The van der Waals surface area contributed by atoms with Crippen molar-refractivity contribution in [3.63, 3.8) is 0 Å². The zero-order valence-corrected chi connectivity index (χ0v) is 12.5. The van der Waals surface area contributed by atoms with Crippen molar-refractivity contribution in [2.75, 3.05) is 0 Å². The van der Waals surface area contributed by atoms with Crippen LogP contribution in [0.3, 0.4) is 0 Å². The largest absolute Gasteiger partial charge is 0.418 e. The lowest BCUT2D eigenvalue weighted by Gasteiger charge is -2.14. The Labute approximate surface area is 135 Å². The van der Waals surface area contributed by atoms with Crippen LogP contribution in [0.4, 0.5) is 13.2 Å². The Morgan fingerprint density at radius 3 is 1.96 bits per heavy atom. The minimum absolute atomic E-state index is 0.132. The number of hydrogen-bond acceptors (Lipinski definition) is 0. The maximum absolute atomic E-state index is 13.3. The van der Waals surface area contributed by atoms with Crippen LogP contribution in [0.5, 0.6) is 0 Å². The van der Waals surface area contributed by atoms with Crippen LogP contribution in [0, 0.1) is 0 Å². The molecule has 4 aromatic carbocycles. The highest BCUT2D eigenvalue weighted by Gasteiger charge is 2.35. The molecule has 0 aliphatic heterocycles. The van der Waals surface area contributed by atoms with Crippen LogP contribution >= 0.6 is 11.6 Å². The smallest absolute Gasteiger partial charge is 0.166 e. The molecule has 0 nitrogen and oxygen atoms in total. The molecule has 0 amide bonds. The standard InChI is InChI=1S/C19H10ClF3/c20-17-10-9-15-14-6-5-11-3-1-2-4-12(11)13(14)7-8-16(15)18(17)19(21,22)23/h1-10H. The van der Waals surface area contributed by atoms with Crippen molar-refractivity contribution in [3.05, 3.63) is 71.2 Å². The summed E-state index contributed by atoms with van der Waals surface area (Å²) >= 11 is 5.81. The van der Waals surface area contributed by atoms with Gasteiger partial charge in [0.15, 0.2) is 0 Å². The van der Waals surface area contributed by atoms with Crippen LogP contribution in [0.15, 0.2) is 60.7 Å². The van der Waals surface area contributed by atoms with Crippen molar-refractivity contribution in [3.8, 4) is 0 Å². The highest BCUT2D eigenvalue weighted by molar-refractivity contribution is 6.33. The van der Waals surface area contributed by atoms with E-state index in [1.54, 1.807) is 12.1 Å². The summed E-state index contributed by atoms with van der Waals surface area (Å²) in [6.07, 6.45) is -4.49.